The number of oxazole rings is 1. The van der Waals surface area contributed by atoms with E-state index in [1.165, 1.54) is 25.6 Å². The van der Waals surface area contributed by atoms with Crippen LogP contribution in [0.4, 0.5) is 6.01 Å². The van der Waals surface area contributed by atoms with Crippen molar-refractivity contribution in [3.05, 3.63) is 12.0 Å². The van der Waals surface area contributed by atoms with Crippen LogP contribution < -0.4 is 4.90 Å². The van der Waals surface area contributed by atoms with E-state index in [-0.39, 0.29) is 5.69 Å². The van der Waals surface area contributed by atoms with Crippen LogP contribution in [0.25, 0.3) is 0 Å². The van der Waals surface area contributed by atoms with Gasteiger partial charge in [-0.2, -0.15) is 4.98 Å². The van der Waals surface area contributed by atoms with E-state index in [4.69, 9.17) is 9.15 Å². The number of aromatic nitrogens is 1. The van der Waals surface area contributed by atoms with Gasteiger partial charge in [-0.1, -0.05) is 0 Å². The summed E-state index contributed by atoms with van der Waals surface area (Å²) < 4.78 is 10.4. The van der Waals surface area contributed by atoms with Gasteiger partial charge in [0.2, 0.25) is 0 Å². The molecule has 3 rings (SSSR count). The molecule has 0 spiro atoms. The number of ether oxygens (including phenoxy) is 1. The second-order valence-corrected chi connectivity index (χ2v) is 5.92. The zero-order chi connectivity index (χ0) is 14.8. The van der Waals surface area contributed by atoms with E-state index in [2.05, 4.69) is 21.8 Å². The Bertz CT molecular complexity index is 502. The van der Waals surface area contributed by atoms with Crippen molar-refractivity contribution in [2.75, 3.05) is 38.2 Å². The lowest BCUT2D eigenvalue weighted by molar-refractivity contribution is 0.0519. The highest BCUT2D eigenvalue weighted by molar-refractivity contribution is 5.87. The molecule has 0 radical (unpaired) electrons. The minimum atomic E-state index is -0.417. The van der Waals surface area contributed by atoms with Gasteiger partial charge in [0.25, 0.3) is 6.01 Å². The van der Waals surface area contributed by atoms with E-state index in [0.717, 1.165) is 19.5 Å². The molecule has 116 valence electrons. The van der Waals surface area contributed by atoms with Crippen LogP contribution in [-0.2, 0) is 4.74 Å². The fraction of sp³-hybridized carbons (Fsp3) is 0.733. The molecular weight excluding hydrogens is 270 g/mol. The van der Waals surface area contributed by atoms with Gasteiger partial charge in [0.05, 0.1) is 6.61 Å². The summed E-state index contributed by atoms with van der Waals surface area (Å²) in [5.41, 5.74) is 0.259. The number of esters is 1. The summed E-state index contributed by atoms with van der Waals surface area (Å²) in [4.78, 5) is 20.6. The van der Waals surface area contributed by atoms with Crippen molar-refractivity contribution < 1.29 is 13.9 Å². The molecule has 1 aromatic heterocycles. The smallest absolute Gasteiger partial charge is 0.360 e. The molecule has 0 aromatic carbocycles. The number of carbonyl (C=O) groups excluding carboxylic acids is 1. The van der Waals surface area contributed by atoms with Crippen LogP contribution in [0.1, 0.15) is 36.7 Å². The predicted molar refractivity (Wildman–Crippen MR) is 78.4 cm³/mol. The zero-order valence-corrected chi connectivity index (χ0v) is 12.7. The van der Waals surface area contributed by atoms with E-state index in [1.807, 2.05) is 0 Å². The van der Waals surface area contributed by atoms with Crippen molar-refractivity contribution in [2.45, 2.75) is 32.2 Å². The molecule has 6 heteroatoms. The Morgan fingerprint density at radius 2 is 2.33 bits per heavy atom. The number of likely N-dealkylation sites (tertiary alicyclic amines) is 1. The van der Waals surface area contributed by atoms with Crippen LogP contribution in [0.5, 0.6) is 0 Å². The van der Waals surface area contributed by atoms with Gasteiger partial charge >= 0.3 is 5.97 Å². The fourth-order valence-corrected chi connectivity index (χ4v) is 3.53. The second-order valence-electron chi connectivity index (χ2n) is 5.92. The average molecular weight is 293 g/mol. The Hall–Kier alpha value is -1.56. The first-order valence-corrected chi connectivity index (χ1v) is 7.77. The van der Waals surface area contributed by atoms with Crippen LogP contribution in [-0.4, -0.2) is 55.2 Å². The summed E-state index contributed by atoms with van der Waals surface area (Å²) in [7, 11) is 2.22. The summed E-state index contributed by atoms with van der Waals surface area (Å²) in [6, 6.07) is 1.22. The van der Waals surface area contributed by atoms with Crippen molar-refractivity contribution in [1.82, 2.24) is 9.88 Å². The number of rotatable bonds is 3. The van der Waals surface area contributed by atoms with Gasteiger partial charge in [0.15, 0.2) is 5.69 Å². The van der Waals surface area contributed by atoms with Crippen molar-refractivity contribution in [3.8, 4) is 0 Å². The first kappa shape index (κ1) is 14.4. The van der Waals surface area contributed by atoms with E-state index >= 15 is 0 Å². The second kappa shape index (κ2) is 6.05. The minimum absolute atomic E-state index is 0.259. The van der Waals surface area contributed by atoms with Gasteiger partial charge in [-0.05, 0) is 45.7 Å². The highest BCUT2D eigenvalue weighted by atomic mass is 16.5. The summed E-state index contributed by atoms with van der Waals surface area (Å²) in [5, 5.41) is 0. The van der Waals surface area contributed by atoms with Crippen LogP contribution in [0.3, 0.4) is 0 Å². The maximum Gasteiger partial charge on any atom is 0.360 e. The lowest BCUT2D eigenvalue weighted by atomic mass is 9.84. The number of carbonyl (C=O) groups is 1. The third-order valence-electron chi connectivity index (χ3n) is 4.59. The molecule has 2 atom stereocenters. The molecule has 2 unspecified atom stereocenters. The van der Waals surface area contributed by atoms with Gasteiger partial charge < -0.3 is 19.0 Å². The Labute approximate surface area is 125 Å². The van der Waals surface area contributed by atoms with E-state index < -0.39 is 5.97 Å². The standard InChI is InChI=1S/C15H23N3O3/c1-3-20-14(19)12-10-21-15(16-12)18-8-6-13-11(9-18)5-4-7-17(13)2/h10-11,13H,3-9H2,1-2H3. The van der Waals surface area contributed by atoms with Gasteiger partial charge in [0, 0.05) is 19.1 Å². The van der Waals surface area contributed by atoms with Crippen LogP contribution in [0.2, 0.25) is 0 Å². The monoisotopic (exact) mass is 293 g/mol. The molecular formula is C15H23N3O3. The lowest BCUT2D eigenvalue weighted by Crippen LogP contribution is -2.52. The first-order valence-electron chi connectivity index (χ1n) is 7.77. The summed E-state index contributed by atoms with van der Waals surface area (Å²) >= 11 is 0. The molecule has 2 fully saturated rings. The Kier molecular flexibility index (Phi) is 4.14. The molecule has 21 heavy (non-hydrogen) atoms. The van der Waals surface area contributed by atoms with Crippen LogP contribution in [0, 0.1) is 5.92 Å². The number of hydrogen-bond acceptors (Lipinski definition) is 6. The molecule has 2 aliphatic heterocycles. The van der Waals surface area contributed by atoms with Crippen molar-refractivity contribution in [3.63, 3.8) is 0 Å². The summed E-state index contributed by atoms with van der Waals surface area (Å²) in [6.45, 7) is 5.21. The predicted octanol–water partition coefficient (Wildman–Crippen LogP) is 1.77. The van der Waals surface area contributed by atoms with Crippen molar-refractivity contribution >= 4 is 12.0 Å². The Morgan fingerprint density at radius 3 is 3.14 bits per heavy atom. The van der Waals surface area contributed by atoms with Crippen molar-refractivity contribution in [2.24, 2.45) is 5.92 Å². The highest BCUT2D eigenvalue weighted by Gasteiger charge is 2.35. The zero-order valence-electron chi connectivity index (χ0n) is 12.7. The number of piperidine rings is 2. The molecule has 0 amide bonds. The number of nitrogens with zero attached hydrogens (tertiary/aromatic N) is 3. The Morgan fingerprint density at radius 1 is 1.48 bits per heavy atom. The molecule has 6 nitrogen and oxygen atoms in total. The molecule has 3 heterocycles. The van der Waals surface area contributed by atoms with Gasteiger partial charge in [-0.25, -0.2) is 4.79 Å². The molecule has 2 aliphatic rings. The summed E-state index contributed by atoms with van der Waals surface area (Å²) in [5.74, 6) is 0.246. The lowest BCUT2D eigenvalue weighted by Gasteiger charge is -2.45. The Balaban J connectivity index is 1.67. The minimum Gasteiger partial charge on any atom is -0.461 e. The SMILES string of the molecule is CCOC(=O)c1coc(N2CCC3C(CCCN3C)C2)n1. The topological polar surface area (TPSA) is 58.8 Å². The van der Waals surface area contributed by atoms with Gasteiger partial charge in [-0.15, -0.1) is 0 Å². The average Bonchev–Trinajstić information content (AvgIpc) is 2.97. The van der Waals surface area contributed by atoms with E-state index in [0.29, 0.717) is 24.6 Å². The van der Waals surface area contributed by atoms with Gasteiger partial charge in [0.1, 0.15) is 6.26 Å². The third-order valence-corrected chi connectivity index (χ3v) is 4.59. The highest BCUT2D eigenvalue weighted by Crippen LogP contribution is 2.31. The molecule has 0 N–H and O–H groups in total. The molecule has 0 bridgehead atoms. The maximum absolute atomic E-state index is 11.6. The molecule has 0 aliphatic carbocycles. The van der Waals surface area contributed by atoms with Crippen molar-refractivity contribution in [1.29, 1.82) is 0 Å². The maximum atomic E-state index is 11.6. The number of fused-ring (bicyclic) bond motifs is 1. The van der Waals surface area contributed by atoms with E-state index in [1.54, 1.807) is 6.92 Å². The largest absolute Gasteiger partial charge is 0.461 e. The number of hydrogen-bond donors (Lipinski definition) is 0. The fourth-order valence-electron chi connectivity index (χ4n) is 3.53. The van der Waals surface area contributed by atoms with Gasteiger partial charge in [-0.3, -0.25) is 0 Å². The molecule has 1 aromatic rings. The normalized spacial score (nSPS) is 26.5. The molecule has 0 saturated carbocycles. The third kappa shape index (κ3) is 2.90. The molecule has 2 saturated heterocycles. The number of anilines is 1. The summed E-state index contributed by atoms with van der Waals surface area (Å²) in [6.07, 6.45) is 5.03. The van der Waals surface area contributed by atoms with Crippen LogP contribution >= 0.6 is 0 Å². The quantitative estimate of drug-likeness (QED) is 0.792. The first-order chi connectivity index (χ1) is 10.2. The van der Waals surface area contributed by atoms with E-state index in [9.17, 15) is 4.79 Å². The van der Waals surface area contributed by atoms with Crippen LogP contribution in [0.15, 0.2) is 10.7 Å².